The van der Waals surface area contributed by atoms with E-state index in [0.717, 1.165) is 17.1 Å². The van der Waals surface area contributed by atoms with E-state index < -0.39 is 5.41 Å². The summed E-state index contributed by atoms with van der Waals surface area (Å²) in [5.74, 6) is 2.13. The molecule has 1 aromatic rings. The summed E-state index contributed by atoms with van der Waals surface area (Å²) in [5.41, 5.74) is 0.372. The lowest BCUT2D eigenvalue weighted by Gasteiger charge is -2.23. The SMILES string of the molecule is CCNC(=NCC(C)(C)C(=O)NC)NC(C)c1cc(OC)ccc1OC. The number of methoxy groups -OCH3 is 2. The molecule has 1 unspecified atom stereocenters. The first-order valence-electron chi connectivity index (χ1n) is 8.78. The standard InChI is InChI=1S/C19H32N4O3/c1-8-21-18(22-12-19(3,4)17(24)20-5)23-13(2)15-11-14(25-6)9-10-16(15)26-7/h9-11,13H,8,12H2,1-7H3,(H,20,24)(H2,21,22,23). The van der Waals surface area contributed by atoms with Crippen molar-refractivity contribution in [2.45, 2.75) is 33.7 Å². The topological polar surface area (TPSA) is 84.0 Å². The van der Waals surface area contributed by atoms with Gasteiger partial charge in [0.2, 0.25) is 5.91 Å². The summed E-state index contributed by atoms with van der Waals surface area (Å²) >= 11 is 0. The summed E-state index contributed by atoms with van der Waals surface area (Å²) < 4.78 is 10.8. The molecule has 0 bridgehead atoms. The van der Waals surface area contributed by atoms with Gasteiger partial charge in [-0.25, -0.2) is 0 Å². The van der Waals surface area contributed by atoms with Crippen molar-refractivity contribution in [2.24, 2.45) is 10.4 Å². The molecule has 0 saturated heterocycles. The van der Waals surface area contributed by atoms with Crippen molar-refractivity contribution in [3.8, 4) is 11.5 Å². The normalized spacial score (nSPS) is 13.0. The Hall–Kier alpha value is -2.44. The Morgan fingerprint density at radius 3 is 2.50 bits per heavy atom. The zero-order valence-corrected chi connectivity index (χ0v) is 16.9. The number of guanidine groups is 1. The Morgan fingerprint density at radius 2 is 1.96 bits per heavy atom. The highest BCUT2D eigenvalue weighted by Gasteiger charge is 2.26. The van der Waals surface area contributed by atoms with Gasteiger partial charge in [-0.2, -0.15) is 0 Å². The highest BCUT2D eigenvalue weighted by Crippen LogP contribution is 2.29. The predicted octanol–water partition coefficient (Wildman–Crippen LogP) is 2.09. The number of hydrogen-bond donors (Lipinski definition) is 3. The molecular formula is C19H32N4O3. The fourth-order valence-corrected chi connectivity index (χ4v) is 2.47. The smallest absolute Gasteiger partial charge is 0.227 e. The molecule has 0 aliphatic rings. The van der Waals surface area contributed by atoms with Gasteiger partial charge < -0.3 is 25.4 Å². The minimum atomic E-state index is -0.589. The lowest BCUT2D eigenvalue weighted by molar-refractivity contribution is -0.128. The van der Waals surface area contributed by atoms with Crippen LogP contribution in [-0.4, -0.2) is 46.2 Å². The second kappa shape index (κ2) is 9.89. The molecule has 26 heavy (non-hydrogen) atoms. The number of ether oxygens (including phenoxy) is 2. The summed E-state index contributed by atoms with van der Waals surface area (Å²) in [6, 6.07) is 5.61. The Balaban J connectivity index is 2.99. The summed E-state index contributed by atoms with van der Waals surface area (Å²) in [6.45, 7) is 8.84. The Bertz CT molecular complexity index is 629. The van der Waals surface area contributed by atoms with Crippen molar-refractivity contribution in [1.29, 1.82) is 0 Å². The molecule has 1 amide bonds. The van der Waals surface area contributed by atoms with Gasteiger partial charge in [0.05, 0.1) is 32.2 Å². The number of benzene rings is 1. The highest BCUT2D eigenvalue weighted by molar-refractivity contribution is 5.83. The van der Waals surface area contributed by atoms with Gasteiger partial charge in [-0.3, -0.25) is 9.79 Å². The van der Waals surface area contributed by atoms with Gasteiger partial charge in [0.1, 0.15) is 11.5 Å². The maximum atomic E-state index is 12.0. The number of nitrogens with one attached hydrogen (secondary N) is 3. The molecule has 1 rings (SSSR count). The second-order valence-electron chi connectivity index (χ2n) is 6.63. The molecule has 7 nitrogen and oxygen atoms in total. The van der Waals surface area contributed by atoms with E-state index in [0.29, 0.717) is 19.0 Å². The van der Waals surface area contributed by atoms with Crippen LogP contribution in [0.25, 0.3) is 0 Å². The third-order valence-electron chi connectivity index (χ3n) is 4.08. The number of carbonyl (C=O) groups is 1. The maximum absolute atomic E-state index is 12.0. The fraction of sp³-hybridized carbons (Fsp3) is 0.579. The van der Waals surface area contributed by atoms with Crippen LogP contribution in [0.2, 0.25) is 0 Å². The van der Waals surface area contributed by atoms with Crippen LogP contribution in [0, 0.1) is 5.41 Å². The third-order valence-corrected chi connectivity index (χ3v) is 4.08. The van der Waals surface area contributed by atoms with E-state index >= 15 is 0 Å². The highest BCUT2D eigenvalue weighted by atomic mass is 16.5. The summed E-state index contributed by atoms with van der Waals surface area (Å²) in [7, 11) is 4.91. The molecule has 0 radical (unpaired) electrons. The molecule has 7 heteroatoms. The number of aliphatic imine (C=N–C) groups is 1. The fourth-order valence-electron chi connectivity index (χ4n) is 2.47. The molecule has 0 saturated carbocycles. The molecular weight excluding hydrogens is 332 g/mol. The Morgan fingerprint density at radius 1 is 1.27 bits per heavy atom. The number of rotatable bonds is 8. The number of carbonyl (C=O) groups excluding carboxylic acids is 1. The van der Waals surface area contributed by atoms with E-state index in [2.05, 4.69) is 20.9 Å². The average Bonchev–Trinajstić information content (AvgIpc) is 2.64. The number of nitrogens with zero attached hydrogens (tertiary/aromatic N) is 1. The maximum Gasteiger partial charge on any atom is 0.227 e. The van der Waals surface area contributed by atoms with Crippen molar-refractivity contribution < 1.29 is 14.3 Å². The first-order valence-corrected chi connectivity index (χ1v) is 8.78. The van der Waals surface area contributed by atoms with Crippen LogP contribution < -0.4 is 25.4 Å². The summed E-state index contributed by atoms with van der Waals surface area (Å²) in [5, 5.41) is 9.25. The lowest BCUT2D eigenvalue weighted by atomic mass is 9.93. The Labute approximate surface area is 156 Å². The molecule has 0 heterocycles. The largest absolute Gasteiger partial charge is 0.497 e. The minimum Gasteiger partial charge on any atom is -0.497 e. The van der Waals surface area contributed by atoms with Crippen LogP contribution in [0.4, 0.5) is 0 Å². The van der Waals surface area contributed by atoms with Gasteiger partial charge in [0.25, 0.3) is 0 Å². The van der Waals surface area contributed by atoms with Crippen molar-refractivity contribution in [3.63, 3.8) is 0 Å². The molecule has 0 fully saturated rings. The molecule has 0 spiro atoms. The molecule has 146 valence electrons. The average molecular weight is 364 g/mol. The first kappa shape index (κ1) is 21.6. The van der Waals surface area contributed by atoms with Crippen LogP contribution in [-0.2, 0) is 4.79 Å². The van der Waals surface area contributed by atoms with E-state index in [-0.39, 0.29) is 11.9 Å². The van der Waals surface area contributed by atoms with E-state index in [1.165, 1.54) is 0 Å². The summed E-state index contributed by atoms with van der Waals surface area (Å²) in [6.07, 6.45) is 0. The van der Waals surface area contributed by atoms with Gasteiger partial charge in [0.15, 0.2) is 5.96 Å². The molecule has 0 aliphatic heterocycles. The second-order valence-corrected chi connectivity index (χ2v) is 6.63. The minimum absolute atomic E-state index is 0.0420. The summed E-state index contributed by atoms with van der Waals surface area (Å²) in [4.78, 5) is 16.5. The van der Waals surface area contributed by atoms with E-state index in [4.69, 9.17) is 9.47 Å². The molecule has 3 N–H and O–H groups in total. The third kappa shape index (κ3) is 5.82. The van der Waals surface area contributed by atoms with E-state index in [1.54, 1.807) is 21.3 Å². The van der Waals surface area contributed by atoms with Crippen LogP contribution in [0.1, 0.15) is 39.3 Å². The Kier molecular flexibility index (Phi) is 8.22. The monoisotopic (exact) mass is 364 g/mol. The first-order chi connectivity index (χ1) is 12.3. The van der Waals surface area contributed by atoms with Crippen LogP contribution in [0.3, 0.4) is 0 Å². The van der Waals surface area contributed by atoms with Gasteiger partial charge in [-0.15, -0.1) is 0 Å². The van der Waals surface area contributed by atoms with Crippen LogP contribution >= 0.6 is 0 Å². The van der Waals surface area contributed by atoms with Crippen molar-refractivity contribution in [3.05, 3.63) is 23.8 Å². The van der Waals surface area contributed by atoms with Crippen LogP contribution in [0.15, 0.2) is 23.2 Å². The van der Waals surface area contributed by atoms with E-state index in [1.807, 2.05) is 45.9 Å². The van der Waals surface area contributed by atoms with Crippen molar-refractivity contribution >= 4 is 11.9 Å². The zero-order valence-electron chi connectivity index (χ0n) is 16.9. The van der Waals surface area contributed by atoms with Gasteiger partial charge in [0, 0.05) is 19.2 Å². The van der Waals surface area contributed by atoms with Crippen molar-refractivity contribution in [1.82, 2.24) is 16.0 Å². The quantitative estimate of drug-likeness (QED) is 0.486. The van der Waals surface area contributed by atoms with Gasteiger partial charge in [-0.05, 0) is 45.9 Å². The lowest BCUT2D eigenvalue weighted by Crippen LogP contribution is -2.41. The predicted molar refractivity (Wildman–Crippen MR) is 105 cm³/mol. The number of hydrogen-bond acceptors (Lipinski definition) is 4. The van der Waals surface area contributed by atoms with Crippen LogP contribution in [0.5, 0.6) is 11.5 Å². The van der Waals surface area contributed by atoms with Gasteiger partial charge in [-0.1, -0.05) is 0 Å². The zero-order chi connectivity index (χ0) is 19.7. The molecule has 1 aromatic carbocycles. The molecule has 0 aromatic heterocycles. The van der Waals surface area contributed by atoms with Crippen molar-refractivity contribution in [2.75, 3.05) is 34.4 Å². The number of amides is 1. The van der Waals surface area contributed by atoms with Gasteiger partial charge >= 0.3 is 0 Å². The molecule has 0 aliphatic carbocycles. The van der Waals surface area contributed by atoms with E-state index in [9.17, 15) is 4.79 Å². The molecule has 1 atom stereocenters.